The molecule has 4 heteroatoms. The molecule has 0 aromatic heterocycles. The summed E-state index contributed by atoms with van der Waals surface area (Å²) >= 11 is 0. The topological polar surface area (TPSA) is 58.6 Å². The standard InChI is InChI=1S/C18H25NO3/c1-3-6-14-15(18(20)21)17-13(9-10-22-14)12-8-5-7-11(4-2)16(12)19-17/h5,7-8,13-15,17,19H,3-4,6,9-10H2,1-2H3,(H,20,21). The normalized spacial score (nSPS) is 30.1. The van der Waals surface area contributed by atoms with Gasteiger partial charge in [0.25, 0.3) is 0 Å². The van der Waals surface area contributed by atoms with Gasteiger partial charge >= 0.3 is 5.97 Å². The highest BCUT2D eigenvalue weighted by molar-refractivity contribution is 5.75. The van der Waals surface area contributed by atoms with Crippen LogP contribution in [0, 0.1) is 5.92 Å². The highest BCUT2D eigenvalue weighted by Gasteiger charge is 2.46. The number of hydrogen-bond acceptors (Lipinski definition) is 3. The van der Waals surface area contributed by atoms with Gasteiger partial charge in [0, 0.05) is 24.3 Å². The van der Waals surface area contributed by atoms with Crippen LogP contribution in [0.4, 0.5) is 5.69 Å². The number of carbonyl (C=O) groups is 1. The quantitative estimate of drug-likeness (QED) is 0.895. The molecule has 0 spiro atoms. The van der Waals surface area contributed by atoms with Crippen LogP contribution in [0.25, 0.3) is 0 Å². The zero-order valence-electron chi connectivity index (χ0n) is 13.3. The van der Waals surface area contributed by atoms with Gasteiger partial charge in [0.1, 0.15) is 5.92 Å². The van der Waals surface area contributed by atoms with E-state index in [4.69, 9.17) is 4.74 Å². The van der Waals surface area contributed by atoms with Crippen LogP contribution in [0.1, 0.15) is 50.2 Å². The first-order valence-corrected chi connectivity index (χ1v) is 8.40. The molecule has 120 valence electrons. The second-order valence-electron chi connectivity index (χ2n) is 6.36. The van der Waals surface area contributed by atoms with E-state index in [0.717, 1.165) is 25.7 Å². The number of rotatable bonds is 4. The monoisotopic (exact) mass is 303 g/mol. The summed E-state index contributed by atoms with van der Waals surface area (Å²) in [6.45, 7) is 4.87. The van der Waals surface area contributed by atoms with Gasteiger partial charge in [0.05, 0.1) is 6.10 Å². The molecule has 4 atom stereocenters. The summed E-state index contributed by atoms with van der Waals surface area (Å²) < 4.78 is 5.90. The van der Waals surface area contributed by atoms with Gasteiger partial charge in [0.2, 0.25) is 0 Å². The molecular formula is C18H25NO3. The van der Waals surface area contributed by atoms with Crippen LogP contribution in [0.15, 0.2) is 18.2 Å². The third-order valence-corrected chi connectivity index (χ3v) is 5.11. The van der Waals surface area contributed by atoms with Crippen LogP contribution in [0.5, 0.6) is 0 Å². The van der Waals surface area contributed by atoms with Gasteiger partial charge in [-0.05, 0) is 30.4 Å². The zero-order valence-corrected chi connectivity index (χ0v) is 13.3. The van der Waals surface area contributed by atoms with Crippen LogP contribution in [-0.4, -0.2) is 29.8 Å². The molecule has 0 aliphatic carbocycles. The minimum atomic E-state index is -0.742. The van der Waals surface area contributed by atoms with Crippen molar-refractivity contribution in [3.05, 3.63) is 29.3 Å². The molecule has 1 aromatic rings. The minimum Gasteiger partial charge on any atom is -0.481 e. The van der Waals surface area contributed by atoms with Gasteiger partial charge in [-0.2, -0.15) is 0 Å². The predicted molar refractivity (Wildman–Crippen MR) is 86.4 cm³/mol. The molecular weight excluding hydrogens is 278 g/mol. The Hall–Kier alpha value is -1.55. The van der Waals surface area contributed by atoms with Gasteiger partial charge in [-0.15, -0.1) is 0 Å². The number of fused-ring (bicyclic) bond motifs is 3. The average Bonchev–Trinajstić information content (AvgIpc) is 2.75. The van der Waals surface area contributed by atoms with Gasteiger partial charge in [-0.3, -0.25) is 4.79 Å². The second-order valence-corrected chi connectivity index (χ2v) is 6.36. The number of carboxylic acids is 1. The third kappa shape index (κ3) is 2.50. The smallest absolute Gasteiger partial charge is 0.311 e. The molecule has 1 fully saturated rings. The average molecular weight is 303 g/mol. The van der Waals surface area contributed by atoms with E-state index in [1.54, 1.807) is 0 Å². The first-order valence-electron chi connectivity index (χ1n) is 8.40. The number of carboxylic acid groups (broad SMARTS) is 1. The van der Waals surface area contributed by atoms with E-state index in [-0.39, 0.29) is 18.1 Å². The van der Waals surface area contributed by atoms with Gasteiger partial charge in [-0.1, -0.05) is 38.5 Å². The molecule has 0 bridgehead atoms. The van der Waals surface area contributed by atoms with Crippen molar-refractivity contribution in [1.29, 1.82) is 0 Å². The molecule has 4 unspecified atom stereocenters. The fourth-order valence-corrected chi connectivity index (χ4v) is 4.08. The van der Waals surface area contributed by atoms with Crippen molar-refractivity contribution in [3.63, 3.8) is 0 Å². The van der Waals surface area contributed by atoms with Crippen molar-refractivity contribution in [2.24, 2.45) is 5.92 Å². The molecule has 1 aromatic carbocycles. The van der Waals surface area contributed by atoms with E-state index in [1.165, 1.54) is 16.8 Å². The molecule has 2 aliphatic heterocycles. The predicted octanol–water partition coefficient (Wildman–Crippen LogP) is 3.42. The largest absolute Gasteiger partial charge is 0.481 e. The van der Waals surface area contributed by atoms with Crippen LogP contribution in [0.3, 0.4) is 0 Å². The highest BCUT2D eigenvalue weighted by Crippen LogP contribution is 2.45. The fraction of sp³-hybridized carbons (Fsp3) is 0.611. The number of aryl methyl sites for hydroxylation is 1. The van der Waals surface area contributed by atoms with Crippen LogP contribution >= 0.6 is 0 Å². The summed E-state index contributed by atoms with van der Waals surface area (Å²) in [7, 11) is 0. The van der Waals surface area contributed by atoms with Crippen LogP contribution in [-0.2, 0) is 16.0 Å². The number of nitrogens with one attached hydrogen (secondary N) is 1. The maximum atomic E-state index is 11.9. The van der Waals surface area contributed by atoms with E-state index in [2.05, 4.69) is 37.4 Å². The summed E-state index contributed by atoms with van der Waals surface area (Å²) in [5.74, 6) is -0.984. The Balaban J connectivity index is 1.98. The van der Waals surface area contributed by atoms with E-state index in [0.29, 0.717) is 6.61 Å². The van der Waals surface area contributed by atoms with Crippen molar-refractivity contribution in [1.82, 2.24) is 0 Å². The molecule has 0 radical (unpaired) electrons. The molecule has 22 heavy (non-hydrogen) atoms. The Morgan fingerprint density at radius 1 is 1.41 bits per heavy atom. The maximum Gasteiger partial charge on any atom is 0.311 e. The van der Waals surface area contributed by atoms with Crippen molar-refractivity contribution in [2.45, 2.75) is 57.6 Å². The van der Waals surface area contributed by atoms with E-state index in [9.17, 15) is 9.90 Å². The summed E-state index contributed by atoms with van der Waals surface area (Å²) in [4.78, 5) is 11.9. The van der Waals surface area contributed by atoms with Crippen molar-refractivity contribution < 1.29 is 14.6 Å². The molecule has 0 amide bonds. The highest BCUT2D eigenvalue weighted by atomic mass is 16.5. The fourth-order valence-electron chi connectivity index (χ4n) is 4.08. The number of anilines is 1. The lowest BCUT2D eigenvalue weighted by atomic mass is 9.82. The number of ether oxygens (including phenoxy) is 1. The van der Waals surface area contributed by atoms with E-state index in [1.807, 2.05) is 0 Å². The minimum absolute atomic E-state index is 0.0563. The first-order chi connectivity index (χ1) is 10.7. The number of aliphatic carboxylic acids is 1. The van der Waals surface area contributed by atoms with Gasteiger partial charge < -0.3 is 15.2 Å². The lowest BCUT2D eigenvalue weighted by Crippen LogP contribution is -2.42. The third-order valence-electron chi connectivity index (χ3n) is 5.11. The Kier molecular flexibility index (Phi) is 4.39. The summed E-state index contributed by atoms with van der Waals surface area (Å²) in [6, 6.07) is 6.31. The lowest BCUT2D eigenvalue weighted by molar-refractivity contribution is -0.147. The Labute approximate surface area is 131 Å². The molecule has 2 aliphatic rings. The lowest BCUT2D eigenvalue weighted by Gasteiger charge is -2.28. The first kappa shape index (κ1) is 15.3. The molecule has 2 N–H and O–H groups in total. The number of hydrogen-bond donors (Lipinski definition) is 2. The summed E-state index contributed by atoms with van der Waals surface area (Å²) in [5.41, 5.74) is 3.72. The Morgan fingerprint density at radius 3 is 2.91 bits per heavy atom. The zero-order chi connectivity index (χ0) is 15.7. The molecule has 4 nitrogen and oxygen atoms in total. The Morgan fingerprint density at radius 2 is 2.23 bits per heavy atom. The van der Waals surface area contributed by atoms with Gasteiger partial charge in [0.15, 0.2) is 0 Å². The second kappa shape index (κ2) is 6.29. The molecule has 0 saturated carbocycles. The number of benzene rings is 1. The summed E-state index contributed by atoms with van der Waals surface area (Å²) in [5, 5.41) is 13.3. The number of para-hydroxylation sites is 1. The molecule has 1 saturated heterocycles. The van der Waals surface area contributed by atoms with E-state index >= 15 is 0 Å². The van der Waals surface area contributed by atoms with Crippen molar-refractivity contribution >= 4 is 11.7 Å². The SMILES string of the molecule is CCCC1OCCC2c3cccc(CC)c3NC2C1C(=O)O. The molecule has 2 heterocycles. The van der Waals surface area contributed by atoms with Crippen LogP contribution in [0.2, 0.25) is 0 Å². The molecule has 3 rings (SSSR count). The van der Waals surface area contributed by atoms with Crippen molar-refractivity contribution in [3.8, 4) is 0 Å². The van der Waals surface area contributed by atoms with E-state index < -0.39 is 11.9 Å². The van der Waals surface area contributed by atoms with Crippen LogP contribution < -0.4 is 5.32 Å². The summed E-state index contributed by atoms with van der Waals surface area (Å²) in [6.07, 6.45) is 3.41. The Bertz CT molecular complexity index is 557. The van der Waals surface area contributed by atoms with Gasteiger partial charge in [-0.25, -0.2) is 0 Å². The maximum absolute atomic E-state index is 11.9. The van der Waals surface area contributed by atoms with Crippen molar-refractivity contribution in [2.75, 3.05) is 11.9 Å².